The maximum atomic E-state index is 12.3. The normalized spacial score (nSPS) is 10.6. The molecular formula is C23H21NO3. The topological polar surface area (TPSA) is 47.6 Å². The second kappa shape index (κ2) is 8.72. The third kappa shape index (κ3) is 4.98. The van der Waals surface area contributed by atoms with Crippen LogP contribution in [-0.4, -0.2) is 20.1 Å². The minimum Gasteiger partial charge on any atom is -0.497 e. The van der Waals surface area contributed by atoms with E-state index in [0.717, 1.165) is 28.3 Å². The standard InChI is InChI=1S/C23H21NO3/c1-26-21-14-18(15-22(16-21)27-2)9-8-17-10-12-19(13-11-17)23(25)24-20-6-4-3-5-7-20/h3-16H,1-2H3,(H,24,25)/b9-8+. The highest BCUT2D eigenvalue weighted by atomic mass is 16.5. The van der Waals surface area contributed by atoms with Crippen LogP contribution in [-0.2, 0) is 0 Å². The average Bonchev–Trinajstić information content (AvgIpc) is 2.73. The molecule has 0 aliphatic rings. The molecule has 136 valence electrons. The number of rotatable bonds is 6. The molecule has 1 N–H and O–H groups in total. The molecule has 3 rings (SSSR count). The van der Waals surface area contributed by atoms with Gasteiger partial charge in [-0.2, -0.15) is 0 Å². The number of methoxy groups -OCH3 is 2. The first-order chi connectivity index (χ1) is 13.2. The van der Waals surface area contributed by atoms with Crippen molar-refractivity contribution in [2.24, 2.45) is 0 Å². The molecule has 0 bridgehead atoms. The van der Waals surface area contributed by atoms with Crippen LogP contribution in [0.3, 0.4) is 0 Å². The summed E-state index contributed by atoms with van der Waals surface area (Å²) >= 11 is 0. The van der Waals surface area contributed by atoms with Crippen LogP contribution in [0.2, 0.25) is 0 Å². The molecule has 0 aromatic heterocycles. The van der Waals surface area contributed by atoms with Crippen LogP contribution in [0.1, 0.15) is 21.5 Å². The Morgan fingerprint density at radius 2 is 1.37 bits per heavy atom. The molecule has 0 aliphatic carbocycles. The van der Waals surface area contributed by atoms with E-state index < -0.39 is 0 Å². The molecule has 3 aromatic carbocycles. The van der Waals surface area contributed by atoms with E-state index in [1.807, 2.05) is 84.9 Å². The van der Waals surface area contributed by atoms with Crippen molar-refractivity contribution < 1.29 is 14.3 Å². The van der Waals surface area contributed by atoms with E-state index >= 15 is 0 Å². The van der Waals surface area contributed by atoms with E-state index in [0.29, 0.717) is 5.56 Å². The van der Waals surface area contributed by atoms with Crippen molar-refractivity contribution in [3.8, 4) is 11.5 Å². The number of amides is 1. The molecule has 4 nitrogen and oxygen atoms in total. The molecule has 0 saturated carbocycles. The Morgan fingerprint density at radius 3 is 1.96 bits per heavy atom. The summed E-state index contributed by atoms with van der Waals surface area (Å²) in [5.41, 5.74) is 3.35. The Labute approximate surface area is 159 Å². The molecule has 0 fully saturated rings. The third-order valence-electron chi connectivity index (χ3n) is 4.05. The lowest BCUT2D eigenvalue weighted by Gasteiger charge is -2.06. The largest absolute Gasteiger partial charge is 0.497 e. The fraction of sp³-hybridized carbons (Fsp3) is 0.0870. The molecule has 4 heteroatoms. The van der Waals surface area contributed by atoms with E-state index in [4.69, 9.17) is 9.47 Å². The van der Waals surface area contributed by atoms with E-state index in [1.54, 1.807) is 14.2 Å². The highest BCUT2D eigenvalue weighted by Crippen LogP contribution is 2.24. The third-order valence-corrected chi connectivity index (χ3v) is 4.05. The van der Waals surface area contributed by atoms with Crippen LogP contribution in [0.25, 0.3) is 12.2 Å². The van der Waals surface area contributed by atoms with Gasteiger partial charge in [0.2, 0.25) is 0 Å². The zero-order chi connectivity index (χ0) is 19.1. The summed E-state index contributed by atoms with van der Waals surface area (Å²) in [6.07, 6.45) is 3.96. The number of carbonyl (C=O) groups excluding carboxylic acids is 1. The van der Waals surface area contributed by atoms with E-state index in [2.05, 4.69) is 5.32 Å². The van der Waals surface area contributed by atoms with Crippen LogP contribution in [0, 0.1) is 0 Å². The van der Waals surface area contributed by atoms with Crippen LogP contribution in [0.15, 0.2) is 72.8 Å². The molecule has 0 aliphatic heterocycles. The average molecular weight is 359 g/mol. The van der Waals surface area contributed by atoms with Gasteiger partial charge in [-0.1, -0.05) is 42.5 Å². The van der Waals surface area contributed by atoms with Gasteiger partial charge in [-0.05, 0) is 47.5 Å². The molecule has 0 radical (unpaired) electrons. The summed E-state index contributed by atoms with van der Waals surface area (Å²) in [5, 5.41) is 2.88. The molecule has 1 amide bonds. The number of nitrogens with one attached hydrogen (secondary N) is 1. The Kier molecular flexibility index (Phi) is 5.90. The van der Waals surface area contributed by atoms with Gasteiger partial charge in [0.25, 0.3) is 5.91 Å². The summed E-state index contributed by atoms with van der Waals surface area (Å²) in [7, 11) is 3.25. The smallest absolute Gasteiger partial charge is 0.255 e. The molecule has 27 heavy (non-hydrogen) atoms. The predicted octanol–water partition coefficient (Wildman–Crippen LogP) is 5.13. The molecule has 0 spiro atoms. The number of anilines is 1. The van der Waals surface area contributed by atoms with Crippen LogP contribution in [0.5, 0.6) is 11.5 Å². The summed E-state index contributed by atoms with van der Waals surface area (Å²) < 4.78 is 10.6. The highest BCUT2D eigenvalue weighted by molar-refractivity contribution is 6.04. The molecule has 0 unspecified atom stereocenters. The van der Waals surface area contributed by atoms with Crippen LogP contribution in [0.4, 0.5) is 5.69 Å². The SMILES string of the molecule is COc1cc(/C=C/c2ccc(C(=O)Nc3ccccc3)cc2)cc(OC)c1. The maximum absolute atomic E-state index is 12.3. The van der Waals surface area contributed by atoms with Crippen molar-refractivity contribution >= 4 is 23.7 Å². The van der Waals surface area contributed by atoms with Crippen molar-refractivity contribution in [2.45, 2.75) is 0 Å². The van der Waals surface area contributed by atoms with Gasteiger partial charge in [-0.15, -0.1) is 0 Å². The summed E-state index contributed by atoms with van der Waals surface area (Å²) in [4.78, 5) is 12.3. The minimum atomic E-state index is -0.130. The van der Waals surface area contributed by atoms with E-state index in [-0.39, 0.29) is 5.91 Å². The van der Waals surface area contributed by atoms with E-state index in [9.17, 15) is 4.79 Å². The molecule has 0 heterocycles. The lowest BCUT2D eigenvalue weighted by Crippen LogP contribution is -2.11. The molecule has 0 saturated heterocycles. The Morgan fingerprint density at radius 1 is 0.778 bits per heavy atom. The quantitative estimate of drug-likeness (QED) is 0.621. The first-order valence-electron chi connectivity index (χ1n) is 8.55. The number of carbonyl (C=O) groups is 1. The Bertz CT molecular complexity index is 909. The number of hydrogen-bond donors (Lipinski definition) is 1. The van der Waals surface area contributed by atoms with Crippen molar-refractivity contribution in [2.75, 3.05) is 19.5 Å². The van der Waals surface area contributed by atoms with Crippen LogP contribution < -0.4 is 14.8 Å². The van der Waals surface area contributed by atoms with Crippen molar-refractivity contribution in [1.29, 1.82) is 0 Å². The monoisotopic (exact) mass is 359 g/mol. The second-order valence-corrected chi connectivity index (χ2v) is 5.92. The van der Waals surface area contributed by atoms with Gasteiger partial charge >= 0.3 is 0 Å². The zero-order valence-corrected chi connectivity index (χ0v) is 15.3. The predicted molar refractivity (Wildman–Crippen MR) is 109 cm³/mol. The van der Waals surface area contributed by atoms with Gasteiger partial charge in [0.05, 0.1) is 14.2 Å². The lowest BCUT2D eigenvalue weighted by atomic mass is 10.1. The number of para-hydroxylation sites is 1. The number of ether oxygens (including phenoxy) is 2. The van der Waals surface area contributed by atoms with Gasteiger partial charge in [-0.25, -0.2) is 0 Å². The molecule has 3 aromatic rings. The first-order valence-corrected chi connectivity index (χ1v) is 8.55. The number of benzene rings is 3. The van der Waals surface area contributed by atoms with Crippen molar-refractivity contribution in [1.82, 2.24) is 0 Å². The molecular weight excluding hydrogens is 338 g/mol. The van der Waals surface area contributed by atoms with Crippen LogP contribution >= 0.6 is 0 Å². The number of hydrogen-bond acceptors (Lipinski definition) is 3. The minimum absolute atomic E-state index is 0.130. The van der Waals surface area contributed by atoms with Crippen molar-refractivity contribution in [3.05, 3.63) is 89.5 Å². The van der Waals surface area contributed by atoms with Gasteiger partial charge in [0, 0.05) is 17.3 Å². The highest BCUT2D eigenvalue weighted by Gasteiger charge is 2.05. The summed E-state index contributed by atoms with van der Waals surface area (Å²) in [6, 6.07) is 22.5. The lowest BCUT2D eigenvalue weighted by molar-refractivity contribution is 0.102. The van der Waals surface area contributed by atoms with Crippen molar-refractivity contribution in [3.63, 3.8) is 0 Å². The Hall–Kier alpha value is -3.53. The second-order valence-electron chi connectivity index (χ2n) is 5.92. The fourth-order valence-electron chi connectivity index (χ4n) is 2.59. The van der Waals surface area contributed by atoms with Gasteiger partial charge in [0.1, 0.15) is 11.5 Å². The maximum Gasteiger partial charge on any atom is 0.255 e. The molecule has 0 atom stereocenters. The summed E-state index contributed by atoms with van der Waals surface area (Å²) in [5.74, 6) is 1.35. The van der Waals surface area contributed by atoms with Gasteiger partial charge < -0.3 is 14.8 Å². The first kappa shape index (κ1) is 18.3. The van der Waals surface area contributed by atoms with Gasteiger partial charge in [-0.3, -0.25) is 4.79 Å². The van der Waals surface area contributed by atoms with E-state index in [1.165, 1.54) is 0 Å². The Balaban J connectivity index is 1.70. The fourth-order valence-corrected chi connectivity index (χ4v) is 2.59. The van der Waals surface area contributed by atoms with Gasteiger partial charge in [0.15, 0.2) is 0 Å². The zero-order valence-electron chi connectivity index (χ0n) is 15.3. The summed E-state index contributed by atoms with van der Waals surface area (Å²) in [6.45, 7) is 0.